The highest BCUT2D eigenvalue weighted by Crippen LogP contribution is 2.32. The van der Waals surface area contributed by atoms with Gasteiger partial charge >= 0.3 is 5.97 Å². The lowest BCUT2D eigenvalue weighted by molar-refractivity contribution is -0.135. The predicted molar refractivity (Wildman–Crippen MR) is 83.1 cm³/mol. The zero-order chi connectivity index (χ0) is 14.8. The van der Waals surface area contributed by atoms with Crippen LogP contribution in [0.4, 0.5) is 0 Å². The molecule has 2 aliphatic rings. The monoisotopic (exact) mass is 300 g/mol. The van der Waals surface area contributed by atoms with Crippen LogP contribution in [0.3, 0.4) is 0 Å². The summed E-state index contributed by atoms with van der Waals surface area (Å²) in [6, 6.07) is 7.48. The molecule has 21 heavy (non-hydrogen) atoms. The van der Waals surface area contributed by atoms with Crippen molar-refractivity contribution < 1.29 is 13.7 Å². The van der Waals surface area contributed by atoms with E-state index in [1.165, 1.54) is 0 Å². The standard InChI is InChI=1S/C17H16O3S/c1-21(19)14-9-7-12(8-10-14)15-11-20-17(18)16(15)13-5-3-2-4-6-13/h3,5-10H,2,4,11H2,1H3. The summed E-state index contributed by atoms with van der Waals surface area (Å²) in [7, 11) is -0.996. The van der Waals surface area contributed by atoms with Crippen molar-refractivity contribution in [3.8, 4) is 0 Å². The Balaban J connectivity index is 2.03. The minimum Gasteiger partial charge on any atom is -0.457 e. The van der Waals surface area contributed by atoms with Gasteiger partial charge in [0.05, 0.1) is 5.57 Å². The van der Waals surface area contributed by atoms with Crippen LogP contribution < -0.4 is 0 Å². The molecule has 0 bridgehead atoms. The average molecular weight is 300 g/mol. The number of benzene rings is 1. The first-order valence-corrected chi connectivity index (χ1v) is 8.44. The molecule has 108 valence electrons. The summed E-state index contributed by atoms with van der Waals surface area (Å²) in [6.45, 7) is 0.300. The lowest BCUT2D eigenvalue weighted by Crippen LogP contribution is -2.02. The lowest BCUT2D eigenvalue weighted by atomic mass is 9.93. The van der Waals surface area contributed by atoms with E-state index < -0.39 is 10.8 Å². The number of carbonyl (C=O) groups excluding carboxylic acids is 1. The Morgan fingerprint density at radius 3 is 2.52 bits per heavy atom. The third-order valence-corrected chi connectivity index (χ3v) is 4.61. The fourth-order valence-corrected chi connectivity index (χ4v) is 3.09. The lowest BCUT2D eigenvalue weighted by Gasteiger charge is -2.08. The molecular formula is C17H16O3S. The van der Waals surface area contributed by atoms with Crippen molar-refractivity contribution in [1.82, 2.24) is 0 Å². The molecular weight excluding hydrogens is 284 g/mol. The third kappa shape index (κ3) is 2.76. The molecule has 1 heterocycles. The molecule has 0 spiro atoms. The molecule has 1 unspecified atom stereocenters. The second-order valence-corrected chi connectivity index (χ2v) is 6.43. The normalized spacial score (nSPS) is 19.5. The molecule has 0 amide bonds. The number of hydrogen-bond acceptors (Lipinski definition) is 3. The SMILES string of the molecule is CS(=O)c1ccc(C2=C(C3=CCCC=C3)C(=O)OC2)cc1. The van der Waals surface area contributed by atoms with Gasteiger partial charge in [-0.25, -0.2) is 4.79 Å². The molecule has 0 saturated heterocycles. The Labute approximate surface area is 126 Å². The molecule has 0 N–H and O–H groups in total. The van der Waals surface area contributed by atoms with Gasteiger partial charge in [-0.2, -0.15) is 0 Å². The number of esters is 1. The summed E-state index contributed by atoms with van der Waals surface area (Å²) in [6.07, 6.45) is 9.76. The highest BCUT2D eigenvalue weighted by Gasteiger charge is 2.28. The zero-order valence-corrected chi connectivity index (χ0v) is 12.6. The number of allylic oxidation sites excluding steroid dienone is 3. The molecule has 1 aliphatic carbocycles. The summed E-state index contributed by atoms with van der Waals surface area (Å²) in [5, 5.41) is 0. The Morgan fingerprint density at radius 2 is 1.90 bits per heavy atom. The second-order valence-electron chi connectivity index (χ2n) is 5.05. The third-order valence-electron chi connectivity index (χ3n) is 3.67. The quantitative estimate of drug-likeness (QED) is 0.806. The molecule has 1 atom stereocenters. The van der Waals surface area contributed by atoms with Crippen molar-refractivity contribution in [2.45, 2.75) is 17.7 Å². The molecule has 0 radical (unpaired) electrons. The van der Waals surface area contributed by atoms with E-state index in [1.807, 2.05) is 30.3 Å². The summed E-state index contributed by atoms with van der Waals surface area (Å²) in [4.78, 5) is 12.8. The van der Waals surface area contributed by atoms with Crippen molar-refractivity contribution >= 4 is 22.3 Å². The van der Waals surface area contributed by atoms with E-state index in [0.29, 0.717) is 12.2 Å². The fraction of sp³-hybridized carbons (Fsp3) is 0.235. The summed E-state index contributed by atoms with van der Waals surface area (Å²) in [5.74, 6) is -0.258. The molecule has 4 heteroatoms. The molecule has 0 fully saturated rings. The summed E-state index contributed by atoms with van der Waals surface area (Å²) >= 11 is 0. The van der Waals surface area contributed by atoms with Crippen LogP contribution in [0.5, 0.6) is 0 Å². The van der Waals surface area contributed by atoms with Crippen LogP contribution in [0.25, 0.3) is 5.57 Å². The molecule has 3 rings (SSSR count). The second kappa shape index (κ2) is 5.82. The van der Waals surface area contributed by atoms with Crippen molar-refractivity contribution in [3.63, 3.8) is 0 Å². The van der Waals surface area contributed by atoms with Crippen molar-refractivity contribution in [3.05, 3.63) is 59.2 Å². The van der Waals surface area contributed by atoms with Crippen molar-refractivity contribution in [2.24, 2.45) is 0 Å². The van der Waals surface area contributed by atoms with Crippen LogP contribution in [0.1, 0.15) is 18.4 Å². The first-order valence-electron chi connectivity index (χ1n) is 6.88. The Bertz CT molecular complexity index is 693. The highest BCUT2D eigenvalue weighted by molar-refractivity contribution is 7.84. The van der Waals surface area contributed by atoms with Crippen LogP contribution in [0.2, 0.25) is 0 Å². The first kappa shape index (κ1) is 14.0. The molecule has 3 nitrogen and oxygen atoms in total. The summed E-state index contributed by atoms with van der Waals surface area (Å²) < 4.78 is 16.7. The van der Waals surface area contributed by atoms with Gasteiger partial charge in [-0.15, -0.1) is 0 Å². The number of ether oxygens (including phenoxy) is 1. The number of rotatable bonds is 3. The Kier molecular flexibility index (Phi) is 3.88. The van der Waals surface area contributed by atoms with Gasteiger partial charge in [0.1, 0.15) is 6.61 Å². The maximum absolute atomic E-state index is 12.0. The van der Waals surface area contributed by atoms with E-state index >= 15 is 0 Å². The van der Waals surface area contributed by atoms with E-state index in [1.54, 1.807) is 6.26 Å². The Hall–Kier alpha value is -1.94. The summed E-state index contributed by atoms with van der Waals surface area (Å²) in [5.41, 5.74) is 3.47. The van der Waals surface area contributed by atoms with E-state index in [-0.39, 0.29) is 5.97 Å². The highest BCUT2D eigenvalue weighted by atomic mass is 32.2. The van der Waals surface area contributed by atoms with Gasteiger partial charge in [-0.3, -0.25) is 4.21 Å². The van der Waals surface area contributed by atoms with Gasteiger partial charge < -0.3 is 4.74 Å². The molecule has 1 aliphatic heterocycles. The minimum absolute atomic E-state index is 0.258. The van der Waals surface area contributed by atoms with E-state index in [2.05, 4.69) is 12.2 Å². The van der Waals surface area contributed by atoms with Crippen LogP contribution in [0.15, 0.2) is 58.5 Å². The van der Waals surface area contributed by atoms with Crippen LogP contribution >= 0.6 is 0 Å². The largest absolute Gasteiger partial charge is 0.457 e. The predicted octanol–water partition coefficient (Wildman–Crippen LogP) is 3.01. The van der Waals surface area contributed by atoms with Gasteiger partial charge in [-0.1, -0.05) is 30.4 Å². The zero-order valence-electron chi connectivity index (χ0n) is 11.8. The number of carbonyl (C=O) groups is 1. The van der Waals surface area contributed by atoms with E-state index in [0.717, 1.165) is 34.4 Å². The van der Waals surface area contributed by atoms with Crippen molar-refractivity contribution in [1.29, 1.82) is 0 Å². The average Bonchev–Trinajstić information content (AvgIpc) is 2.90. The molecule has 0 aromatic heterocycles. The Morgan fingerprint density at radius 1 is 1.14 bits per heavy atom. The van der Waals surface area contributed by atoms with Crippen molar-refractivity contribution in [2.75, 3.05) is 12.9 Å². The van der Waals surface area contributed by atoms with Crippen LogP contribution in [-0.4, -0.2) is 23.0 Å². The number of cyclic esters (lactones) is 1. The molecule has 0 saturated carbocycles. The minimum atomic E-state index is -0.996. The van der Waals surface area contributed by atoms with Gasteiger partial charge in [0.2, 0.25) is 0 Å². The maximum Gasteiger partial charge on any atom is 0.339 e. The number of hydrogen-bond donors (Lipinski definition) is 0. The van der Waals surface area contributed by atoms with Crippen LogP contribution in [0, 0.1) is 0 Å². The molecule has 1 aromatic rings. The van der Waals surface area contributed by atoms with Gasteiger partial charge in [-0.05, 0) is 36.1 Å². The fourth-order valence-electron chi connectivity index (χ4n) is 2.57. The van der Waals surface area contributed by atoms with E-state index in [9.17, 15) is 9.00 Å². The van der Waals surface area contributed by atoms with Crippen LogP contribution in [-0.2, 0) is 20.3 Å². The van der Waals surface area contributed by atoms with Gasteiger partial charge in [0.15, 0.2) is 0 Å². The smallest absolute Gasteiger partial charge is 0.339 e. The molecule has 1 aromatic carbocycles. The topological polar surface area (TPSA) is 43.4 Å². The maximum atomic E-state index is 12.0. The van der Waals surface area contributed by atoms with Gasteiger partial charge in [0.25, 0.3) is 0 Å². The van der Waals surface area contributed by atoms with Gasteiger partial charge in [0, 0.05) is 27.5 Å². The first-order chi connectivity index (χ1) is 10.2. The van der Waals surface area contributed by atoms with E-state index in [4.69, 9.17) is 4.74 Å².